The van der Waals surface area contributed by atoms with Gasteiger partial charge in [0.15, 0.2) is 11.2 Å². The Labute approximate surface area is 84.9 Å². The molecule has 0 fully saturated rings. The molecule has 0 aliphatic heterocycles. The molecule has 0 atom stereocenters. The van der Waals surface area contributed by atoms with Crippen LogP contribution in [-0.2, 0) is 0 Å². The highest BCUT2D eigenvalue weighted by Crippen LogP contribution is 2.04. The second-order valence-corrected chi connectivity index (χ2v) is 3.20. The smallest absolute Gasteiger partial charge is 0.278 e. The van der Waals surface area contributed by atoms with Gasteiger partial charge in [-0.05, 0) is 0 Å². The average Bonchev–Trinajstić information content (AvgIpc) is 2.63. The van der Waals surface area contributed by atoms with Crippen molar-refractivity contribution in [3.8, 4) is 0 Å². The molecule has 2 aromatic heterocycles. The van der Waals surface area contributed by atoms with Crippen molar-refractivity contribution >= 4 is 23.5 Å². The van der Waals surface area contributed by atoms with Crippen LogP contribution in [0.4, 0.5) is 5.95 Å². The summed E-state index contributed by atoms with van der Waals surface area (Å²) in [4.78, 5) is 30.3. The lowest BCUT2D eigenvalue weighted by Crippen LogP contribution is -2.10. The Hall–Kier alpha value is -2.18. The molecule has 78 valence electrons. The van der Waals surface area contributed by atoms with E-state index in [-0.39, 0.29) is 11.5 Å². The number of hydrogen-bond acceptors (Lipinski definition) is 4. The molecule has 0 saturated heterocycles. The van der Waals surface area contributed by atoms with Gasteiger partial charge >= 0.3 is 0 Å². The van der Waals surface area contributed by atoms with E-state index in [9.17, 15) is 4.79 Å². The summed E-state index contributed by atoms with van der Waals surface area (Å²) in [5.41, 5.74) is 0.451. The van der Waals surface area contributed by atoms with Gasteiger partial charge < -0.3 is 9.88 Å². The highest BCUT2D eigenvalue weighted by Gasteiger charge is 2.03. The molecular formula is C8H10N6O. The number of nitrogens with zero attached hydrogens (tertiary/aromatic N) is 4. The van der Waals surface area contributed by atoms with E-state index in [1.54, 1.807) is 11.2 Å². The summed E-state index contributed by atoms with van der Waals surface area (Å²) in [6.07, 6.45) is 2.98. The van der Waals surface area contributed by atoms with Gasteiger partial charge in [-0.2, -0.15) is 4.98 Å². The van der Waals surface area contributed by atoms with E-state index in [4.69, 9.17) is 0 Å². The molecule has 0 spiro atoms. The van der Waals surface area contributed by atoms with Gasteiger partial charge in [0.1, 0.15) is 0 Å². The summed E-state index contributed by atoms with van der Waals surface area (Å²) < 4.78 is 0. The van der Waals surface area contributed by atoms with Gasteiger partial charge in [0.2, 0.25) is 5.95 Å². The van der Waals surface area contributed by atoms with E-state index in [2.05, 4.69) is 24.9 Å². The minimum Gasteiger partial charge on any atom is -0.369 e. The van der Waals surface area contributed by atoms with Gasteiger partial charge in [0, 0.05) is 14.1 Å². The van der Waals surface area contributed by atoms with Gasteiger partial charge in [-0.15, -0.1) is 0 Å². The number of aliphatic imine (C=N–C) groups is 1. The van der Waals surface area contributed by atoms with Gasteiger partial charge in [-0.1, -0.05) is 0 Å². The van der Waals surface area contributed by atoms with Crippen molar-refractivity contribution in [3.63, 3.8) is 0 Å². The molecule has 0 bridgehead atoms. The van der Waals surface area contributed by atoms with Crippen molar-refractivity contribution in [2.24, 2.45) is 4.99 Å². The predicted octanol–water partition coefficient (Wildman–Crippen LogP) is -0.132. The zero-order valence-corrected chi connectivity index (χ0v) is 8.35. The number of imidazole rings is 1. The maximum atomic E-state index is 11.5. The molecular weight excluding hydrogens is 196 g/mol. The van der Waals surface area contributed by atoms with E-state index >= 15 is 0 Å². The van der Waals surface area contributed by atoms with E-state index in [1.165, 1.54) is 6.33 Å². The lowest BCUT2D eigenvalue weighted by molar-refractivity contribution is 0.642. The molecule has 15 heavy (non-hydrogen) atoms. The number of aromatic amines is 2. The molecule has 7 heteroatoms. The van der Waals surface area contributed by atoms with Crippen LogP contribution in [0.1, 0.15) is 0 Å². The second kappa shape index (κ2) is 3.52. The standard InChI is InChI=1S/C8H10N6O/c1-14(2)4-11-8-12-6-5(7(15)13-8)9-3-10-6/h3-4H,1-2H3,(H2,9,10,12,13,15)/b11-4+. The lowest BCUT2D eigenvalue weighted by atomic mass is 10.5. The molecule has 0 unspecified atom stereocenters. The molecule has 0 aliphatic rings. The van der Waals surface area contributed by atoms with Crippen LogP contribution in [0.5, 0.6) is 0 Å². The van der Waals surface area contributed by atoms with E-state index in [0.29, 0.717) is 11.2 Å². The van der Waals surface area contributed by atoms with Crippen LogP contribution in [0.3, 0.4) is 0 Å². The third-order valence-corrected chi connectivity index (χ3v) is 1.69. The van der Waals surface area contributed by atoms with E-state index in [0.717, 1.165) is 0 Å². The monoisotopic (exact) mass is 206 g/mol. The fraction of sp³-hybridized carbons (Fsp3) is 0.250. The first-order chi connectivity index (χ1) is 7.16. The fourth-order valence-corrected chi connectivity index (χ4v) is 1.06. The number of nitrogens with one attached hydrogen (secondary N) is 2. The summed E-state index contributed by atoms with van der Waals surface area (Å²) in [5.74, 6) is 0.244. The average molecular weight is 206 g/mol. The van der Waals surface area contributed by atoms with Crippen molar-refractivity contribution in [1.29, 1.82) is 0 Å². The van der Waals surface area contributed by atoms with E-state index in [1.807, 2.05) is 14.1 Å². The molecule has 2 rings (SSSR count). The van der Waals surface area contributed by atoms with Gasteiger partial charge in [-0.3, -0.25) is 9.78 Å². The second-order valence-electron chi connectivity index (χ2n) is 3.20. The highest BCUT2D eigenvalue weighted by atomic mass is 16.1. The summed E-state index contributed by atoms with van der Waals surface area (Å²) in [5, 5.41) is 0. The maximum absolute atomic E-state index is 11.5. The van der Waals surface area contributed by atoms with Crippen molar-refractivity contribution in [3.05, 3.63) is 16.7 Å². The summed E-state index contributed by atoms with van der Waals surface area (Å²) in [6.45, 7) is 0. The van der Waals surface area contributed by atoms with Crippen LogP contribution >= 0.6 is 0 Å². The first kappa shape index (κ1) is 9.38. The number of H-pyrrole nitrogens is 2. The van der Waals surface area contributed by atoms with Crippen LogP contribution in [0.15, 0.2) is 16.1 Å². The third kappa shape index (κ3) is 1.85. The fourth-order valence-electron chi connectivity index (χ4n) is 1.06. The Balaban J connectivity index is 2.50. The molecule has 2 heterocycles. The largest absolute Gasteiger partial charge is 0.369 e. The Morgan fingerprint density at radius 2 is 2.33 bits per heavy atom. The van der Waals surface area contributed by atoms with Crippen molar-refractivity contribution in [2.75, 3.05) is 14.1 Å². The molecule has 0 aliphatic carbocycles. The Morgan fingerprint density at radius 1 is 1.53 bits per heavy atom. The van der Waals surface area contributed by atoms with E-state index < -0.39 is 0 Å². The summed E-state index contributed by atoms with van der Waals surface area (Å²) in [7, 11) is 3.66. The normalized spacial score (nSPS) is 11.3. The minimum atomic E-state index is -0.275. The number of fused-ring (bicyclic) bond motifs is 1. The van der Waals surface area contributed by atoms with Gasteiger partial charge in [0.25, 0.3) is 5.56 Å². The summed E-state index contributed by atoms with van der Waals surface area (Å²) >= 11 is 0. The summed E-state index contributed by atoms with van der Waals surface area (Å²) in [6, 6.07) is 0. The first-order valence-electron chi connectivity index (χ1n) is 4.31. The van der Waals surface area contributed by atoms with Gasteiger partial charge in [-0.25, -0.2) is 9.98 Å². The van der Waals surface area contributed by atoms with Crippen LogP contribution in [0, 0.1) is 0 Å². The molecule has 0 saturated carbocycles. The molecule has 0 radical (unpaired) electrons. The SMILES string of the molecule is CN(C)/C=N/c1nc2nc[nH]c2c(=O)[nH]1. The molecule has 2 N–H and O–H groups in total. The van der Waals surface area contributed by atoms with Crippen molar-refractivity contribution < 1.29 is 0 Å². The van der Waals surface area contributed by atoms with Crippen LogP contribution in [0.25, 0.3) is 11.2 Å². The zero-order chi connectivity index (χ0) is 10.8. The Bertz CT molecular complexity index is 552. The molecule has 0 amide bonds. The molecule has 7 nitrogen and oxygen atoms in total. The van der Waals surface area contributed by atoms with Crippen molar-refractivity contribution in [1.82, 2.24) is 24.8 Å². The van der Waals surface area contributed by atoms with Crippen LogP contribution in [-0.4, -0.2) is 45.3 Å². The molecule has 0 aromatic carbocycles. The van der Waals surface area contributed by atoms with Crippen molar-refractivity contribution in [2.45, 2.75) is 0 Å². The topological polar surface area (TPSA) is 90.0 Å². The quantitative estimate of drug-likeness (QED) is 0.529. The van der Waals surface area contributed by atoms with Gasteiger partial charge in [0.05, 0.1) is 12.7 Å². The minimum absolute atomic E-state index is 0.244. The van der Waals surface area contributed by atoms with Crippen LogP contribution in [0.2, 0.25) is 0 Å². The Kier molecular flexibility index (Phi) is 2.20. The maximum Gasteiger partial charge on any atom is 0.278 e. The predicted molar refractivity (Wildman–Crippen MR) is 56.3 cm³/mol. The number of aromatic nitrogens is 4. The zero-order valence-electron chi connectivity index (χ0n) is 8.35. The number of hydrogen-bond donors (Lipinski definition) is 2. The third-order valence-electron chi connectivity index (χ3n) is 1.69. The first-order valence-corrected chi connectivity index (χ1v) is 4.31. The highest BCUT2D eigenvalue weighted by molar-refractivity contribution is 5.70. The number of rotatable bonds is 2. The molecule has 2 aromatic rings. The lowest BCUT2D eigenvalue weighted by Gasteiger charge is -2.01. The van der Waals surface area contributed by atoms with Crippen LogP contribution < -0.4 is 5.56 Å². The Morgan fingerprint density at radius 3 is 3.07 bits per heavy atom.